The molecule has 3 rings (SSSR count). The lowest BCUT2D eigenvalue weighted by Crippen LogP contribution is -2.59. The van der Waals surface area contributed by atoms with E-state index in [2.05, 4.69) is 18.0 Å². The summed E-state index contributed by atoms with van der Waals surface area (Å²) in [7, 11) is 0. The van der Waals surface area contributed by atoms with Crippen molar-refractivity contribution < 1.29 is 9.59 Å². The van der Waals surface area contributed by atoms with Crippen molar-refractivity contribution in [2.75, 3.05) is 19.6 Å². The van der Waals surface area contributed by atoms with E-state index in [4.69, 9.17) is 0 Å². The molecule has 0 radical (unpaired) electrons. The average Bonchev–Trinajstić information content (AvgIpc) is 2.72. The zero-order valence-corrected chi connectivity index (χ0v) is 16.8. The van der Waals surface area contributed by atoms with Gasteiger partial charge in [0.15, 0.2) is 0 Å². The van der Waals surface area contributed by atoms with Crippen LogP contribution in [0.2, 0.25) is 0 Å². The van der Waals surface area contributed by atoms with Crippen LogP contribution in [0, 0.1) is 0 Å². The second-order valence-electron chi connectivity index (χ2n) is 7.32. The van der Waals surface area contributed by atoms with Gasteiger partial charge in [-0.1, -0.05) is 44.2 Å². The third-order valence-corrected chi connectivity index (χ3v) is 5.21. The molecule has 0 N–H and O–H groups in total. The number of hydrogen-bond acceptors (Lipinski definition) is 3. The summed E-state index contributed by atoms with van der Waals surface area (Å²) in [6, 6.07) is 11.7. The molecule has 1 fully saturated rings. The molecule has 1 saturated heterocycles. The first-order valence-electron chi connectivity index (χ1n) is 10.2. The molecule has 1 aliphatic rings. The number of amides is 2. The van der Waals surface area contributed by atoms with Crippen molar-refractivity contribution in [3.8, 4) is 11.1 Å². The van der Waals surface area contributed by atoms with E-state index in [-0.39, 0.29) is 11.8 Å². The van der Waals surface area contributed by atoms with Gasteiger partial charge in [-0.05, 0) is 35.6 Å². The molecule has 5 heteroatoms. The van der Waals surface area contributed by atoms with Crippen molar-refractivity contribution in [2.24, 2.45) is 0 Å². The van der Waals surface area contributed by atoms with Crippen molar-refractivity contribution >= 4 is 11.8 Å². The van der Waals surface area contributed by atoms with E-state index >= 15 is 0 Å². The van der Waals surface area contributed by atoms with Crippen molar-refractivity contribution in [1.29, 1.82) is 0 Å². The lowest BCUT2D eigenvalue weighted by atomic mass is 9.97. The molecule has 5 nitrogen and oxygen atoms in total. The van der Waals surface area contributed by atoms with Crippen LogP contribution in [0.25, 0.3) is 11.1 Å². The molecule has 28 heavy (non-hydrogen) atoms. The highest BCUT2D eigenvalue weighted by Gasteiger charge is 2.36. The van der Waals surface area contributed by atoms with Crippen molar-refractivity contribution in [3.05, 3.63) is 54.4 Å². The highest BCUT2D eigenvalue weighted by molar-refractivity contribution is 5.89. The fourth-order valence-electron chi connectivity index (χ4n) is 3.82. The van der Waals surface area contributed by atoms with Gasteiger partial charge in [0.2, 0.25) is 11.8 Å². The Morgan fingerprint density at radius 1 is 1.11 bits per heavy atom. The van der Waals surface area contributed by atoms with E-state index in [1.54, 1.807) is 11.1 Å². The monoisotopic (exact) mass is 379 g/mol. The van der Waals surface area contributed by atoms with Crippen LogP contribution in [0.5, 0.6) is 0 Å². The van der Waals surface area contributed by atoms with Gasteiger partial charge in [0.25, 0.3) is 0 Å². The first-order chi connectivity index (χ1) is 13.6. The van der Waals surface area contributed by atoms with E-state index in [1.807, 2.05) is 48.4 Å². The number of hydrogen-bond donors (Lipinski definition) is 0. The van der Waals surface area contributed by atoms with Crippen LogP contribution >= 0.6 is 0 Å². The molecule has 0 saturated carbocycles. The summed E-state index contributed by atoms with van der Waals surface area (Å²) in [4.78, 5) is 33.7. The summed E-state index contributed by atoms with van der Waals surface area (Å²) < 4.78 is 0. The number of pyridine rings is 1. The summed E-state index contributed by atoms with van der Waals surface area (Å²) in [6.07, 6.45) is 6.36. The van der Waals surface area contributed by atoms with Gasteiger partial charge in [-0.15, -0.1) is 0 Å². The highest BCUT2D eigenvalue weighted by atomic mass is 16.2. The van der Waals surface area contributed by atoms with Crippen molar-refractivity contribution in [1.82, 2.24) is 14.8 Å². The molecule has 0 spiro atoms. The number of rotatable bonds is 7. The molecular formula is C23H29N3O2. The Bertz CT molecular complexity index is 807. The van der Waals surface area contributed by atoms with Gasteiger partial charge in [0.05, 0.1) is 0 Å². The van der Waals surface area contributed by atoms with Gasteiger partial charge < -0.3 is 9.80 Å². The number of benzene rings is 1. The smallest absolute Gasteiger partial charge is 0.245 e. The number of aromatic nitrogens is 1. The van der Waals surface area contributed by atoms with Gasteiger partial charge in [-0.3, -0.25) is 14.6 Å². The lowest BCUT2D eigenvalue weighted by Gasteiger charge is -2.41. The third kappa shape index (κ3) is 4.58. The predicted molar refractivity (Wildman–Crippen MR) is 111 cm³/mol. The van der Waals surface area contributed by atoms with E-state index in [1.165, 1.54) is 0 Å². The molecule has 0 aliphatic carbocycles. The van der Waals surface area contributed by atoms with Crippen LogP contribution in [0.3, 0.4) is 0 Å². The highest BCUT2D eigenvalue weighted by Crippen LogP contribution is 2.23. The van der Waals surface area contributed by atoms with E-state index in [0.29, 0.717) is 25.9 Å². The molecule has 1 atom stereocenters. The summed E-state index contributed by atoms with van der Waals surface area (Å²) in [5, 5.41) is 0. The summed E-state index contributed by atoms with van der Waals surface area (Å²) in [6.45, 7) is 6.08. The van der Waals surface area contributed by atoms with E-state index in [0.717, 1.165) is 36.1 Å². The molecule has 2 amide bonds. The first kappa shape index (κ1) is 20.1. The van der Waals surface area contributed by atoms with Gasteiger partial charge in [-0.25, -0.2) is 0 Å². The largest absolute Gasteiger partial charge is 0.339 e. The third-order valence-electron chi connectivity index (χ3n) is 5.21. The average molecular weight is 380 g/mol. The zero-order valence-electron chi connectivity index (χ0n) is 16.8. The van der Waals surface area contributed by atoms with Gasteiger partial charge in [0, 0.05) is 44.9 Å². The van der Waals surface area contributed by atoms with Crippen molar-refractivity contribution in [2.45, 2.75) is 45.6 Å². The minimum atomic E-state index is -0.413. The van der Waals surface area contributed by atoms with Crippen LogP contribution in [0.4, 0.5) is 0 Å². The number of carbonyl (C=O) groups excluding carboxylic acids is 2. The molecule has 0 unspecified atom stereocenters. The van der Waals surface area contributed by atoms with Gasteiger partial charge in [0.1, 0.15) is 6.04 Å². The van der Waals surface area contributed by atoms with E-state index in [9.17, 15) is 9.59 Å². The van der Waals surface area contributed by atoms with Crippen LogP contribution < -0.4 is 0 Å². The SMILES string of the molecule is CCCC(=O)N1CCN(CCC)C(=O)[C@H]1Cc1cccc(-c2cccnc2)c1. The normalized spacial score (nSPS) is 17.1. The molecular weight excluding hydrogens is 350 g/mol. The summed E-state index contributed by atoms with van der Waals surface area (Å²) in [5.41, 5.74) is 3.18. The molecule has 148 valence electrons. The second kappa shape index (κ2) is 9.49. The molecule has 1 aliphatic heterocycles. The Morgan fingerprint density at radius 2 is 1.93 bits per heavy atom. The standard InChI is InChI=1S/C23H29N3O2/c1-3-7-22(27)26-14-13-25(12-4-2)23(28)21(26)16-18-8-5-9-19(15-18)20-10-6-11-24-17-20/h5-6,8-11,15,17,21H,3-4,7,12-14,16H2,1-2H3/t21-/m1/s1. The fraction of sp³-hybridized carbons (Fsp3) is 0.435. The summed E-state index contributed by atoms with van der Waals surface area (Å²) >= 11 is 0. The Hall–Kier alpha value is -2.69. The molecule has 2 heterocycles. The Labute approximate surface area is 167 Å². The minimum Gasteiger partial charge on any atom is -0.339 e. The zero-order chi connectivity index (χ0) is 19.9. The number of nitrogens with zero attached hydrogens (tertiary/aromatic N) is 3. The number of carbonyl (C=O) groups is 2. The molecule has 0 bridgehead atoms. The Balaban J connectivity index is 1.85. The molecule has 2 aromatic rings. The number of piperazine rings is 1. The Kier molecular flexibility index (Phi) is 6.80. The van der Waals surface area contributed by atoms with Crippen LogP contribution in [0.15, 0.2) is 48.8 Å². The first-order valence-corrected chi connectivity index (χ1v) is 10.2. The predicted octanol–water partition coefficient (Wildman–Crippen LogP) is 3.54. The van der Waals surface area contributed by atoms with Gasteiger partial charge in [-0.2, -0.15) is 0 Å². The Morgan fingerprint density at radius 3 is 2.64 bits per heavy atom. The fourth-order valence-corrected chi connectivity index (χ4v) is 3.82. The van der Waals surface area contributed by atoms with E-state index < -0.39 is 6.04 Å². The second-order valence-corrected chi connectivity index (χ2v) is 7.32. The van der Waals surface area contributed by atoms with Crippen LogP contribution in [0.1, 0.15) is 38.7 Å². The van der Waals surface area contributed by atoms with Crippen LogP contribution in [-0.2, 0) is 16.0 Å². The summed E-state index contributed by atoms with van der Waals surface area (Å²) in [5.74, 6) is 0.157. The maximum Gasteiger partial charge on any atom is 0.245 e. The minimum absolute atomic E-state index is 0.0735. The lowest BCUT2D eigenvalue weighted by molar-refractivity contribution is -0.151. The van der Waals surface area contributed by atoms with Crippen LogP contribution in [-0.4, -0.2) is 52.3 Å². The van der Waals surface area contributed by atoms with Gasteiger partial charge >= 0.3 is 0 Å². The molecule has 1 aromatic carbocycles. The quantitative estimate of drug-likeness (QED) is 0.739. The topological polar surface area (TPSA) is 53.5 Å². The molecule has 1 aromatic heterocycles. The maximum absolute atomic E-state index is 13.1. The van der Waals surface area contributed by atoms with Crippen molar-refractivity contribution in [3.63, 3.8) is 0 Å². The maximum atomic E-state index is 13.1.